The number of benzene rings is 1. The first-order valence-electron chi connectivity index (χ1n) is 6.95. The molecule has 0 bridgehead atoms. The molecule has 1 heterocycles. The third kappa shape index (κ3) is 2.70. The maximum atomic E-state index is 3.41. The number of nitrogens with one attached hydrogen (secondary N) is 1. The molecule has 17 heavy (non-hydrogen) atoms. The Balaban J connectivity index is 1.70. The number of hydrogen-bond donors (Lipinski definition) is 1. The number of hydrogen-bond acceptors (Lipinski definition) is 2. The molecule has 0 atom stereocenters. The van der Waals surface area contributed by atoms with Crippen LogP contribution in [0.5, 0.6) is 0 Å². The van der Waals surface area contributed by atoms with Crippen molar-refractivity contribution in [3.05, 3.63) is 34.9 Å². The second-order valence-corrected chi connectivity index (χ2v) is 5.34. The lowest BCUT2D eigenvalue weighted by atomic mass is 9.90. The summed E-state index contributed by atoms with van der Waals surface area (Å²) in [5, 5.41) is 3.41. The smallest absolute Gasteiger partial charge is 0.0234 e. The third-order valence-electron chi connectivity index (χ3n) is 4.03. The van der Waals surface area contributed by atoms with E-state index in [0.29, 0.717) is 0 Å². The fraction of sp³-hybridized carbons (Fsp3) is 0.600. The van der Waals surface area contributed by atoms with Gasteiger partial charge in [0.1, 0.15) is 0 Å². The van der Waals surface area contributed by atoms with Crippen LogP contribution in [-0.4, -0.2) is 31.1 Å². The fourth-order valence-electron chi connectivity index (χ4n) is 3.01. The van der Waals surface area contributed by atoms with E-state index in [1.807, 2.05) is 0 Å². The zero-order chi connectivity index (χ0) is 11.5. The van der Waals surface area contributed by atoms with Gasteiger partial charge in [-0.3, -0.25) is 4.90 Å². The fourth-order valence-corrected chi connectivity index (χ4v) is 3.01. The van der Waals surface area contributed by atoms with Crippen molar-refractivity contribution in [3.8, 4) is 0 Å². The summed E-state index contributed by atoms with van der Waals surface area (Å²) in [6.07, 6.45) is 5.35. The van der Waals surface area contributed by atoms with Crippen LogP contribution in [0.1, 0.15) is 29.5 Å². The Labute approximate surface area is 104 Å². The summed E-state index contributed by atoms with van der Waals surface area (Å²) < 4.78 is 0. The predicted octanol–water partition coefficient (Wildman–Crippen LogP) is 1.97. The quantitative estimate of drug-likeness (QED) is 0.835. The molecule has 0 unspecified atom stereocenters. The lowest BCUT2D eigenvalue weighted by molar-refractivity contribution is 0.233. The van der Waals surface area contributed by atoms with Gasteiger partial charge >= 0.3 is 0 Å². The monoisotopic (exact) mass is 230 g/mol. The van der Waals surface area contributed by atoms with Crippen LogP contribution in [0.15, 0.2) is 18.2 Å². The minimum Gasteiger partial charge on any atom is -0.314 e. The van der Waals surface area contributed by atoms with Crippen molar-refractivity contribution in [1.29, 1.82) is 0 Å². The van der Waals surface area contributed by atoms with Gasteiger partial charge in [-0.2, -0.15) is 0 Å². The molecule has 1 aliphatic heterocycles. The first kappa shape index (κ1) is 11.2. The first-order valence-corrected chi connectivity index (χ1v) is 6.95. The van der Waals surface area contributed by atoms with Crippen LogP contribution in [0.2, 0.25) is 0 Å². The summed E-state index contributed by atoms with van der Waals surface area (Å²) in [6.45, 7) is 5.80. The van der Waals surface area contributed by atoms with Crippen LogP contribution in [0.4, 0.5) is 0 Å². The van der Waals surface area contributed by atoms with E-state index in [2.05, 4.69) is 28.4 Å². The van der Waals surface area contributed by atoms with Crippen LogP contribution in [0.3, 0.4) is 0 Å². The number of fused-ring (bicyclic) bond motifs is 1. The number of piperazine rings is 1. The molecule has 1 aliphatic carbocycles. The summed E-state index contributed by atoms with van der Waals surface area (Å²) in [5.41, 5.74) is 4.72. The summed E-state index contributed by atoms with van der Waals surface area (Å²) in [5.74, 6) is 0. The summed E-state index contributed by atoms with van der Waals surface area (Å²) in [7, 11) is 0. The molecule has 1 aromatic carbocycles. The zero-order valence-electron chi connectivity index (χ0n) is 10.5. The van der Waals surface area contributed by atoms with Crippen LogP contribution >= 0.6 is 0 Å². The molecule has 3 rings (SSSR count). The largest absolute Gasteiger partial charge is 0.314 e. The molecule has 0 spiro atoms. The van der Waals surface area contributed by atoms with E-state index in [4.69, 9.17) is 0 Å². The molecule has 1 saturated heterocycles. The number of aryl methyl sites for hydroxylation is 2. The molecule has 0 amide bonds. The molecule has 2 nitrogen and oxygen atoms in total. The van der Waals surface area contributed by atoms with Crippen LogP contribution in [-0.2, 0) is 19.4 Å². The Hall–Kier alpha value is -0.860. The Bertz CT molecular complexity index is 381. The van der Waals surface area contributed by atoms with E-state index in [1.165, 1.54) is 44.3 Å². The molecule has 2 aliphatic rings. The van der Waals surface area contributed by atoms with Gasteiger partial charge in [-0.1, -0.05) is 18.2 Å². The lowest BCUT2D eigenvalue weighted by Gasteiger charge is -2.27. The number of nitrogens with zero attached hydrogens (tertiary/aromatic N) is 1. The highest BCUT2D eigenvalue weighted by Crippen LogP contribution is 2.22. The maximum Gasteiger partial charge on any atom is 0.0234 e. The topological polar surface area (TPSA) is 15.3 Å². The Morgan fingerprint density at radius 1 is 1.00 bits per heavy atom. The average molecular weight is 230 g/mol. The minimum absolute atomic E-state index is 1.13. The van der Waals surface area contributed by atoms with E-state index >= 15 is 0 Å². The van der Waals surface area contributed by atoms with Gasteiger partial charge in [-0.15, -0.1) is 0 Å². The van der Waals surface area contributed by atoms with Gasteiger partial charge in [-0.05, 0) is 42.4 Å². The molecule has 2 heteroatoms. The standard InChI is InChI=1S/C15H22N2/c1-2-4-15-11-13(5-6-14(15)3-1)12-17-9-7-16-8-10-17/h5-6,11,16H,1-4,7-10,12H2. The van der Waals surface area contributed by atoms with Gasteiger partial charge in [0, 0.05) is 32.7 Å². The summed E-state index contributed by atoms with van der Waals surface area (Å²) in [4.78, 5) is 2.56. The SMILES string of the molecule is c1cc2c(cc1CN1CCNCC1)CCCC2. The summed E-state index contributed by atoms with van der Waals surface area (Å²) >= 11 is 0. The van der Waals surface area contributed by atoms with Crippen LogP contribution < -0.4 is 5.32 Å². The van der Waals surface area contributed by atoms with Gasteiger partial charge in [0.05, 0.1) is 0 Å². The van der Waals surface area contributed by atoms with Gasteiger partial charge in [0.25, 0.3) is 0 Å². The molecule has 0 saturated carbocycles. The van der Waals surface area contributed by atoms with Crippen molar-refractivity contribution in [3.63, 3.8) is 0 Å². The van der Waals surface area contributed by atoms with Crippen molar-refractivity contribution in [2.45, 2.75) is 32.2 Å². The first-order chi connectivity index (χ1) is 8.42. The average Bonchev–Trinajstić information content (AvgIpc) is 2.40. The highest BCUT2D eigenvalue weighted by atomic mass is 15.2. The lowest BCUT2D eigenvalue weighted by Crippen LogP contribution is -2.42. The third-order valence-corrected chi connectivity index (χ3v) is 4.03. The van der Waals surface area contributed by atoms with Crippen molar-refractivity contribution < 1.29 is 0 Å². The van der Waals surface area contributed by atoms with Crippen molar-refractivity contribution in [2.75, 3.05) is 26.2 Å². The van der Waals surface area contributed by atoms with E-state index in [9.17, 15) is 0 Å². The Morgan fingerprint density at radius 2 is 1.76 bits per heavy atom. The Kier molecular flexibility index (Phi) is 3.44. The molecule has 92 valence electrons. The van der Waals surface area contributed by atoms with Crippen molar-refractivity contribution in [2.24, 2.45) is 0 Å². The maximum absolute atomic E-state index is 3.41. The van der Waals surface area contributed by atoms with Crippen molar-refractivity contribution in [1.82, 2.24) is 10.2 Å². The van der Waals surface area contributed by atoms with Gasteiger partial charge in [-0.25, -0.2) is 0 Å². The molecule has 1 N–H and O–H groups in total. The second kappa shape index (κ2) is 5.19. The molecular weight excluding hydrogens is 208 g/mol. The number of rotatable bonds is 2. The predicted molar refractivity (Wildman–Crippen MR) is 71.2 cm³/mol. The zero-order valence-corrected chi connectivity index (χ0v) is 10.5. The highest BCUT2D eigenvalue weighted by molar-refractivity contribution is 5.33. The molecule has 0 radical (unpaired) electrons. The van der Waals surface area contributed by atoms with Crippen LogP contribution in [0, 0.1) is 0 Å². The normalized spacial score (nSPS) is 21.2. The van der Waals surface area contributed by atoms with E-state index in [-0.39, 0.29) is 0 Å². The highest BCUT2D eigenvalue weighted by Gasteiger charge is 2.12. The molecular formula is C15H22N2. The molecule has 1 fully saturated rings. The summed E-state index contributed by atoms with van der Waals surface area (Å²) in [6, 6.07) is 7.16. The minimum atomic E-state index is 1.13. The van der Waals surface area contributed by atoms with E-state index in [0.717, 1.165) is 19.6 Å². The Morgan fingerprint density at radius 3 is 2.59 bits per heavy atom. The van der Waals surface area contributed by atoms with Gasteiger partial charge in [0.15, 0.2) is 0 Å². The molecule has 1 aromatic rings. The van der Waals surface area contributed by atoms with E-state index < -0.39 is 0 Å². The van der Waals surface area contributed by atoms with E-state index in [1.54, 1.807) is 11.1 Å². The van der Waals surface area contributed by atoms with Gasteiger partial charge in [0.2, 0.25) is 0 Å². The van der Waals surface area contributed by atoms with Gasteiger partial charge < -0.3 is 5.32 Å². The van der Waals surface area contributed by atoms with Crippen molar-refractivity contribution >= 4 is 0 Å². The second-order valence-electron chi connectivity index (χ2n) is 5.34. The van der Waals surface area contributed by atoms with Crippen LogP contribution in [0.25, 0.3) is 0 Å². The molecule has 0 aromatic heterocycles.